The Morgan fingerprint density at radius 2 is 1.58 bits per heavy atom. The number of unbranched alkanes of at least 4 members (excludes halogenated alkanes) is 1. The molecule has 0 radical (unpaired) electrons. The first-order valence-electron chi connectivity index (χ1n) is 26.9. The van der Waals surface area contributed by atoms with Gasteiger partial charge in [-0.1, -0.05) is 45.0 Å². The summed E-state index contributed by atoms with van der Waals surface area (Å²) in [6.45, 7) is 19.6. The quantitative estimate of drug-likeness (QED) is 0.0301. The number of likely N-dealkylation sites (tertiary alicyclic amines) is 1. The maximum Gasteiger partial charge on any atom is 0.253 e. The van der Waals surface area contributed by atoms with Gasteiger partial charge in [-0.25, -0.2) is 9.97 Å². The molecule has 2 aromatic carbocycles. The van der Waals surface area contributed by atoms with Crippen LogP contribution in [0.15, 0.2) is 71.1 Å². The second-order valence-electron chi connectivity index (χ2n) is 21.8. The van der Waals surface area contributed by atoms with Gasteiger partial charge in [0.1, 0.15) is 17.9 Å². The Labute approximate surface area is 460 Å². The number of piperazine rings is 1. The van der Waals surface area contributed by atoms with Crippen LogP contribution < -0.4 is 37.0 Å². The fraction of sp³-hybridized carbons (Fsp3) is 0.466. The highest BCUT2D eigenvalue weighted by Crippen LogP contribution is 2.31. The highest BCUT2D eigenvalue weighted by atomic mass is 32.1. The third-order valence-electron chi connectivity index (χ3n) is 14.2. The number of H-pyrrole nitrogens is 1. The largest absolute Gasteiger partial charge is 0.391 e. The Hall–Kier alpha value is -7.29. The number of pyridine rings is 2. The number of aromatic amines is 1. The molecule has 416 valence electrons. The summed E-state index contributed by atoms with van der Waals surface area (Å²) in [7, 11) is 0. The van der Waals surface area contributed by atoms with Gasteiger partial charge in [-0.05, 0) is 105 Å². The molecule has 2 aliphatic heterocycles. The highest BCUT2D eigenvalue weighted by Gasteiger charge is 2.44. The molecule has 0 spiro atoms. The molecule has 7 rings (SSSR count). The van der Waals surface area contributed by atoms with E-state index in [1.165, 1.54) is 11.1 Å². The fourth-order valence-electron chi connectivity index (χ4n) is 9.93. The number of thiazole rings is 1. The predicted octanol–water partition coefficient (Wildman–Crippen LogP) is 5.84. The topological polar surface area (TPSA) is 258 Å². The molecule has 3 aromatic heterocycles. The Kier molecular flexibility index (Phi) is 19.7. The van der Waals surface area contributed by atoms with Gasteiger partial charge in [-0.3, -0.25) is 33.7 Å². The summed E-state index contributed by atoms with van der Waals surface area (Å²) in [6, 6.07) is 15.6. The minimum atomic E-state index is -0.938. The SMILES string of the molecule is Cc1cc(C)c(CNC(=O)c2cc(-c3ccc(N4CCN(CCNC(=O)CCCCC(=O)N[C@H](C(=O)N5C[C@H](O)C[C@H]5C(=O)NCc5ccc(-c6scnc6C)cc5)C(C)(C)C)CC4)nc3)cc(NC(C)C)c2C=N)c(=O)[nH]1. The Bertz CT molecular complexity index is 3000. The van der Waals surface area contributed by atoms with Crippen molar-refractivity contribution >= 4 is 58.6 Å². The molecular formula is C58H76N12O7S. The van der Waals surface area contributed by atoms with Crippen molar-refractivity contribution in [3.05, 3.63) is 116 Å². The molecule has 2 fully saturated rings. The van der Waals surface area contributed by atoms with Crippen LogP contribution in [-0.2, 0) is 32.3 Å². The molecule has 78 heavy (non-hydrogen) atoms. The number of carbonyl (C=O) groups is 5. The number of β-amino-alcohol motifs (C(OH)–C–C–N with tert-alkyl or cyclic N) is 1. The maximum atomic E-state index is 14.1. The van der Waals surface area contributed by atoms with Crippen LogP contribution in [0.1, 0.15) is 111 Å². The van der Waals surface area contributed by atoms with Crippen molar-refractivity contribution in [2.24, 2.45) is 5.41 Å². The van der Waals surface area contributed by atoms with E-state index in [4.69, 9.17) is 10.4 Å². The van der Waals surface area contributed by atoms with E-state index in [-0.39, 0.29) is 68.2 Å². The Balaban J connectivity index is 0.822. The monoisotopic (exact) mass is 1080 g/mol. The zero-order valence-electron chi connectivity index (χ0n) is 46.2. The van der Waals surface area contributed by atoms with Gasteiger partial charge in [0, 0.05) is 125 Å². The van der Waals surface area contributed by atoms with Gasteiger partial charge >= 0.3 is 0 Å². The van der Waals surface area contributed by atoms with Gasteiger partial charge < -0.3 is 51.9 Å². The molecule has 3 atom stereocenters. The van der Waals surface area contributed by atoms with Gasteiger partial charge in [-0.2, -0.15) is 0 Å². The lowest BCUT2D eigenvalue weighted by Gasteiger charge is -2.35. The van der Waals surface area contributed by atoms with Crippen LogP contribution in [0.2, 0.25) is 0 Å². The number of carbonyl (C=O) groups excluding carboxylic acids is 5. The minimum absolute atomic E-state index is 0.0153. The van der Waals surface area contributed by atoms with Crippen LogP contribution >= 0.6 is 11.3 Å². The molecule has 5 heterocycles. The van der Waals surface area contributed by atoms with E-state index in [0.29, 0.717) is 48.3 Å². The van der Waals surface area contributed by atoms with Gasteiger partial charge in [0.05, 0.1) is 27.7 Å². The zero-order valence-corrected chi connectivity index (χ0v) is 47.0. The number of benzene rings is 2. The molecule has 0 unspecified atom stereocenters. The van der Waals surface area contributed by atoms with E-state index in [9.17, 15) is 33.9 Å². The first-order chi connectivity index (χ1) is 37.2. The molecular weight excluding hydrogens is 1010 g/mol. The number of rotatable bonds is 22. The third kappa shape index (κ3) is 15.3. The average molecular weight is 1090 g/mol. The average Bonchev–Trinajstić information content (AvgIpc) is 4.05. The standard InChI is InChI=1S/C58H76N12O7S/c1-35(2)65-47-27-42(26-44(45(47)29-59)54(74)63-32-46-36(3)25-37(4)66-55(46)75)41-17-18-49(61-31-41)69-23-21-68(22-24-69)20-19-60-50(72)11-9-10-12-51(73)67-53(58(6,7)8)57(77)70-33-43(71)28-48(70)56(76)62-30-39-13-15-40(16-14-39)52-38(5)64-34-78-52/h13-18,25-27,29,31,34-35,43,48,53,59,65,71H,9-12,19-24,28,30,32-33H2,1-8H3,(H,60,72)(H,62,76)(H,63,74)(H,66,75)(H,67,73)/t43-,48+,53-/m1/s1. The lowest BCUT2D eigenvalue weighted by Crippen LogP contribution is -2.57. The number of hydrogen-bond acceptors (Lipinski definition) is 14. The van der Waals surface area contributed by atoms with E-state index in [1.54, 1.807) is 23.6 Å². The summed E-state index contributed by atoms with van der Waals surface area (Å²) in [5.41, 5.74) is 8.71. The van der Waals surface area contributed by atoms with Gasteiger partial charge in [-0.15, -0.1) is 11.3 Å². The molecule has 2 saturated heterocycles. The number of aliphatic hydroxyl groups excluding tert-OH is 1. The number of nitrogens with one attached hydrogen (secondary N) is 7. The molecule has 2 aliphatic rings. The van der Waals surface area contributed by atoms with Crippen LogP contribution in [0, 0.1) is 31.6 Å². The van der Waals surface area contributed by atoms with Crippen molar-refractivity contribution < 1.29 is 29.1 Å². The molecule has 5 amide bonds. The first kappa shape index (κ1) is 58.4. The number of hydrogen-bond donors (Lipinski definition) is 8. The summed E-state index contributed by atoms with van der Waals surface area (Å²) in [6.07, 6.45) is 3.50. The number of aliphatic hydroxyl groups is 1. The lowest BCUT2D eigenvalue weighted by molar-refractivity contribution is -0.144. The van der Waals surface area contributed by atoms with Crippen molar-refractivity contribution in [3.63, 3.8) is 0 Å². The Morgan fingerprint density at radius 3 is 2.21 bits per heavy atom. The zero-order chi connectivity index (χ0) is 56.3. The van der Waals surface area contributed by atoms with E-state index in [0.717, 1.165) is 76.1 Å². The highest BCUT2D eigenvalue weighted by molar-refractivity contribution is 7.13. The van der Waals surface area contributed by atoms with Crippen LogP contribution in [0.3, 0.4) is 0 Å². The van der Waals surface area contributed by atoms with Gasteiger partial charge in [0.25, 0.3) is 11.5 Å². The van der Waals surface area contributed by atoms with Crippen molar-refractivity contribution in [1.29, 1.82) is 5.41 Å². The second-order valence-corrected chi connectivity index (χ2v) is 22.6. The van der Waals surface area contributed by atoms with E-state index in [1.807, 2.05) is 109 Å². The lowest BCUT2D eigenvalue weighted by atomic mass is 9.85. The van der Waals surface area contributed by atoms with Crippen LogP contribution in [0.5, 0.6) is 0 Å². The molecule has 0 aliphatic carbocycles. The summed E-state index contributed by atoms with van der Waals surface area (Å²) in [4.78, 5) is 98.9. The van der Waals surface area contributed by atoms with Gasteiger partial charge in [0.2, 0.25) is 23.6 Å². The fourth-order valence-corrected chi connectivity index (χ4v) is 10.7. The number of nitrogens with zero attached hydrogens (tertiary/aromatic N) is 5. The normalized spacial score (nSPS) is 16.2. The molecule has 19 nitrogen and oxygen atoms in total. The third-order valence-corrected chi connectivity index (χ3v) is 15.2. The van der Waals surface area contributed by atoms with Crippen molar-refractivity contribution in [2.75, 3.05) is 56.0 Å². The first-order valence-corrected chi connectivity index (χ1v) is 27.7. The van der Waals surface area contributed by atoms with Crippen molar-refractivity contribution in [3.8, 4) is 21.6 Å². The van der Waals surface area contributed by atoms with Crippen LogP contribution in [-0.4, -0.2) is 136 Å². The smallest absolute Gasteiger partial charge is 0.253 e. The summed E-state index contributed by atoms with van der Waals surface area (Å²) >= 11 is 1.57. The summed E-state index contributed by atoms with van der Waals surface area (Å²) in [5.74, 6) is -0.790. The van der Waals surface area contributed by atoms with Crippen LogP contribution in [0.4, 0.5) is 11.5 Å². The number of anilines is 2. The molecule has 5 aromatic rings. The van der Waals surface area contributed by atoms with Crippen LogP contribution in [0.25, 0.3) is 21.6 Å². The van der Waals surface area contributed by atoms with E-state index < -0.39 is 35.4 Å². The summed E-state index contributed by atoms with van der Waals surface area (Å²) in [5, 5.41) is 34.0. The predicted molar refractivity (Wildman–Crippen MR) is 306 cm³/mol. The Morgan fingerprint density at radius 1 is 0.872 bits per heavy atom. The van der Waals surface area contributed by atoms with Crippen molar-refractivity contribution in [1.82, 2.24) is 46.0 Å². The van der Waals surface area contributed by atoms with Gasteiger partial charge in [0.15, 0.2) is 0 Å². The number of aryl methyl sites for hydroxylation is 3. The second kappa shape index (κ2) is 26.4. The molecule has 20 heteroatoms. The van der Waals surface area contributed by atoms with Crippen molar-refractivity contribution in [2.45, 2.75) is 125 Å². The van der Waals surface area contributed by atoms with E-state index >= 15 is 0 Å². The minimum Gasteiger partial charge on any atom is -0.391 e. The maximum absolute atomic E-state index is 14.1. The number of aromatic nitrogens is 3. The molecule has 0 bridgehead atoms. The molecule has 8 N–H and O–H groups in total. The molecule has 0 saturated carbocycles. The summed E-state index contributed by atoms with van der Waals surface area (Å²) < 4.78 is 0. The number of amides is 5. The van der Waals surface area contributed by atoms with E-state index in [2.05, 4.69) is 46.4 Å².